The van der Waals surface area contributed by atoms with E-state index in [0.29, 0.717) is 6.61 Å². The van der Waals surface area contributed by atoms with Gasteiger partial charge in [-0.3, -0.25) is 0 Å². The van der Waals surface area contributed by atoms with E-state index in [-0.39, 0.29) is 16.3 Å². The molecule has 0 aliphatic carbocycles. The molecular weight excluding hydrogens is 204 g/mol. The zero-order chi connectivity index (χ0) is 10.6. The number of carbonyl (C=O) groups excluding carboxylic acids is 1. The normalized spacial score (nSPS) is 9.86. The summed E-state index contributed by atoms with van der Waals surface area (Å²) in [6.45, 7) is 2.25. The fourth-order valence-electron chi connectivity index (χ4n) is 0.942. The molecule has 4 heteroatoms. The lowest BCUT2D eigenvalue weighted by Crippen LogP contribution is -2.06. The first-order valence-corrected chi connectivity index (χ1v) is 4.68. The van der Waals surface area contributed by atoms with Gasteiger partial charge in [0.2, 0.25) is 0 Å². The highest BCUT2D eigenvalue weighted by Crippen LogP contribution is 2.21. The number of phenols is 1. The van der Waals surface area contributed by atoms with Gasteiger partial charge >= 0.3 is 5.97 Å². The Hall–Kier alpha value is -1.22. The molecule has 1 N–H and O–H groups in total. The van der Waals surface area contributed by atoms with Crippen LogP contribution in [0.5, 0.6) is 5.75 Å². The lowest BCUT2D eigenvalue weighted by atomic mass is 10.2. The molecule has 1 rings (SSSR count). The minimum Gasteiger partial charge on any atom is -0.508 e. The van der Waals surface area contributed by atoms with Gasteiger partial charge < -0.3 is 9.84 Å². The molecule has 0 aromatic heterocycles. The first kappa shape index (κ1) is 10.9. The first-order valence-electron chi connectivity index (χ1n) is 4.30. The predicted molar refractivity (Wildman–Crippen MR) is 53.7 cm³/mol. The van der Waals surface area contributed by atoms with Crippen molar-refractivity contribution in [3.05, 3.63) is 28.8 Å². The summed E-state index contributed by atoms with van der Waals surface area (Å²) in [5.74, 6) is -0.509. The van der Waals surface area contributed by atoms with Crippen LogP contribution in [-0.4, -0.2) is 17.7 Å². The highest BCUT2D eigenvalue weighted by atomic mass is 35.5. The van der Waals surface area contributed by atoms with E-state index in [2.05, 4.69) is 0 Å². The number of hydrogen-bond acceptors (Lipinski definition) is 3. The third kappa shape index (κ3) is 2.64. The summed E-state index contributed by atoms with van der Waals surface area (Å²) in [4.78, 5) is 11.4. The van der Waals surface area contributed by atoms with Crippen molar-refractivity contribution in [2.75, 3.05) is 6.61 Å². The number of phenolic OH excluding ortho intramolecular Hbond substituents is 1. The van der Waals surface area contributed by atoms with Gasteiger partial charge in [-0.05, 0) is 24.6 Å². The molecule has 0 atom stereocenters. The Morgan fingerprint density at radius 3 is 2.93 bits per heavy atom. The maximum absolute atomic E-state index is 11.4. The molecule has 0 fully saturated rings. The van der Waals surface area contributed by atoms with E-state index in [1.165, 1.54) is 18.2 Å². The minimum absolute atomic E-state index is 0.00199. The molecule has 0 heterocycles. The minimum atomic E-state index is -0.507. The summed E-state index contributed by atoms with van der Waals surface area (Å²) in [5, 5.41) is 9.43. The van der Waals surface area contributed by atoms with Crippen LogP contribution in [0, 0.1) is 0 Å². The monoisotopic (exact) mass is 214 g/mol. The van der Waals surface area contributed by atoms with E-state index >= 15 is 0 Å². The quantitative estimate of drug-likeness (QED) is 0.787. The lowest BCUT2D eigenvalue weighted by Gasteiger charge is -2.04. The van der Waals surface area contributed by atoms with Crippen LogP contribution in [0.4, 0.5) is 0 Å². The Balaban J connectivity index is 2.83. The van der Waals surface area contributed by atoms with Crippen molar-refractivity contribution < 1.29 is 14.6 Å². The van der Waals surface area contributed by atoms with Gasteiger partial charge in [0.15, 0.2) is 0 Å². The van der Waals surface area contributed by atoms with Crippen molar-refractivity contribution in [3.8, 4) is 5.75 Å². The molecule has 0 saturated carbocycles. The second-order valence-corrected chi connectivity index (χ2v) is 3.21. The molecule has 0 amide bonds. The number of aromatic hydroxyl groups is 1. The molecule has 1 aromatic rings. The van der Waals surface area contributed by atoms with Gasteiger partial charge in [0.1, 0.15) is 5.75 Å². The summed E-state index contributed by atoms with van der Waals surface area (Å²) in [7, 11) is 0. The summed E-state index contributed by atoms with van der Waals surface area (Å²) in [5.41, 5.74) is 0.195. The van der Waals surface area contributed by atoms with Crippen LogP contribution in [-0.2, 0) is 4.74 Å². The number of benzene rings is 1. The average Bonchev–Trinajstić information content (AvgIpc) is 2.18. The zero-order valence-corrected chi connectivity index (χ0v) is 8.54. The van der Waals surface area contributed by atoms with E-state index < -0.39 is 5.97 Å². The van der Waals surface area contributed by atoms with Gasteiger partial charge in [-0.15, -0.1) is 0 Å². The number of rotatable bonds is 3. The molecule has 0 aliphatic rings. The summed E-state index contributed by atoms with van der Waals surface area (Å²) in [6, 6.07) is 4.17. The molecule has 76 valence electrons. The van der Waals surface area contributed by atoms with Crippen LogP contribution in [0.3, 0.4) is 0 Å². The number of esters is 1. The van der Waals surface area contributed by atoms with Crippen molar-refractivity contribution >= 4 is 17.6 Å². The van der Waals surface area contributed by atoms with Crippen molar-refractivity contribution in [2.45, 2.75) is 13.3 Å². The van der Waals surface area contributed by atoms with Crippen LogP contribution in [0.1, 0.15) is 23.7 Å². The fourth-order valence-corrected chi connectivity index (χ4v) is 1.14. The average molecular weight is 215 g/mol. The van der Waals surface area contributed by atoms with Gasteiger partial charge in [0.05, 0.1) is 17.2 Å². The molecule has 0 unspecified atom stereocenters. The van der Waals surface area contributed by atoms with Gasteiger partial charge in [-0.1, -0.05) is 18.5 Å². The maximum atomic E-state index is 11.4. The van der Waals surface area contributed by atoms with Gasteiger partial charge in [-0.25, -0.2) is 4.79 Å². The highest BCUT2D eigenvalue weighted by molar-refractivity contribution is 6.33. The number of hydrogen-bond donors (Lipinski definition) is 1. The standard InChI is InChI=1S/C10H11ClO3/c1-2-5-14-10(13)8-6-7(12)3-4-9(8)11/h3-4,6,12H,2,5H2,1H3. The van der Waals surface area contributed by atoms with E-state index in [4.69, 9.17) is 21.4 Å². The molecule has 0 radical (unpaired) electrons. The van der Waals surface area contributed by atoms with E-state index in [1.54, 1.807) is 0 Å². The smallest absolute Gasteiger partial charge is 0.339 e. The molecule has 14 heavy (non-hydrogen) atoms. The van der Waals surface area contributed by atoms with Crippen molar-refractivity contribution in [1.82, 2.24) is 0 Å². The third-order valence-electron chi connectivity index (χ3n) is 1.61. The number of carbonyl (C=O) groups is 1. The van der Waals surface area contributed by atoms with Gasteiger partial charge in [-0.2, -0.15) is 0 Å². The molecule has 3 nitrogen and oxygen atoms in total. The zero-order valence-electron chi connectivity index (χ0n) is 7.79. The van der Waals surface area contributed by atoms with Gasteiger partial charge in [0, 0.05) is 0 Å². The third-order valence-corrected chi connectivity index (χ3v) is 1.94. The molecule has 0 saturated heterocycles. The summed E-state index contributed by atoms with van der Waals surface area (Å²) in [6.07, 6.45) is 0.752. The van der Waals surface area contributed by atoms with Crippen LogP contribution in [0.15, 0.2) is 18.2 Å². The molecule has 0 aliphatic heterocycles. The topological polar surface area (TPSA) is 46.5 Å². The molecular formula is C10H11ClO3. The lowest BCUT2D eigenvalue weighted by molar-refractivity contribution is 0.0505. The van der Waals surface area contributed by atoms with Crippen molar-refractivity contribution in [3.63, 3.8) is 0 Å². The van der Waals surface area contributed by atoms with E-state index in [1.807, 2.05) is 6.92 Å². The van der Waals surface area contributed by atoms with Crippen LogP contribution in [0.25, 0.3) is 0 Å². The predicted octanol–water partition coefficient (Wildman–Crippen LogP) is 2.61. The van der Waals surface area contributed by atoms with E-state index in [9.17, 15) is 4.79 Å². The van der Waals surface area contributed by atoms with Crippen molar-refractivity contribution in [2.24, 2.45) is 0 Å². The second kappa shape index (κ2) is 4.86. The van der Waals surface area contributed by atoms with Crippen LogP contribution < -0.4 is 0 Å². The van der Waals surface area contributed by atoms with Crippen LogP contribution >= 0.6 is 11.6 Å². The Morgan fingerprint density at radius 1 is 1.57 bits per heavy atom. The largest absolute Gasteiger partial charge is 0.508 e. The Bertz CT molecular complexity index is 336. The fraction of sp³-hybridized carbons (Fsp3) is 0.300. The maximum Gasteiger partial charge on any atom is 0.339 e. The Kier molecular flexibility index (Phi) is 3.77. The number of halogens is 1. The number of ether oxygens (including phenoxy) is 1. The summed E-state index contributed by atoms with van der Waals surface area (Å²) >= 11 is 5.76. The van der Waals surface area contributed by atoms with Crippen LogP contribution in [0.2, 0.25) is 5.02 Å². The molecule has 0 spiro atoms. The molecule has 0 bridgehead atoms. The van der Waals surface area contributed by atoms with Gasteiger partial charge in [0.25, 0.3) is 0 Å². The SMILES string of the molecule is CCCOC(=O)c1cc(O)ccc1Cl. The molecule has 1 aromatic carbocycles. The first-order chi connectivity index (χ1) is 6.65. The highest BCUT2D eigenvalue weighted by Gasteiger charge is 2.11. The second-order valence-electron chi connectivity index (χ2n) is 2.80. The Morgan fingerprint density at radius 2 is 2.29 bits per heavy atom. The van der Waals surface area contributed by atoms with Crippen molar-refractivity contribution in [1.29, 1.82) is 0 Å². The Labute approximate surface area is 87.3 Å². The van der Waals surface area contributed by atoms with E-state index in [0.717, 1.165) is 6.42 Å². The summed E-state index contributed by atoms with van der Waals surface area (Å²) < 4.78 is 4.88.